The van der Waals surface area contributed by atoms with Gasteiger partial charge in [-0.25, -0.2) is 18.2 Å². The molecule has 1 amide bonds. The van der Waals surface area contributed by atoms with Crippen LogP contribution in [-0.4, -0.2) is 66.7 Å². The summed E-state index contributed by atoms with van der Waals surface area (Å²) in [5, 5.41) is 6.17. The Balaban J connectivity index is 1.71. The Labute approximate surface area is 245 Å². The average molecular weight is 598 g/mol. The second-order valence-corrected chi connectivity index (χ2v) is 9.76. The number of benzene rings is 2. The van der Waals surface area contributed by atoms with Gasteiger partial charge in [-0.3, -0.25) is 14.2 Å². The normalized spacial score (nSPS) is 11.0. The van der Waals surface area contributed by atoms with Crippen LogP contribution in [0.5, 0.6) is 17.2 Å². The minimum absolute atomic E-state index is 0.0831. The Morgan fingerprint density at radius 1 is 1.05 bits per heavy atom. The van der Waals surface area contributed by atoms with Gasteiger partial charge in [0.25, 0.3) is 5.56 Å². The molecule has 0 saturated heterocycles. The molecule has 11 nitrogen and oxygen atoms in total. The molecule has 0 saturated carbocycles. The van der Waals surface area contributed by atoms with Gasteiger partial charge in [0, 0.05) is 57.0 Å². The van der Waals surface area contributed by atoms with Crippen LogP contribution in [0.4, 0.5) is 36.2 Å². The zero-order valence-corrected chi connectivity index (χ0v) is 24.2. The molecule has 2 aromatic carbocycles. The molecule has 4 aromatic rings. The fourth-order valence-electron chi connectivity index (χ4n) is 4.11. The first kappa shape index (κ1) is 30.8. The van der Waals surface area contributed by atoms with Crippen LogP contribution in [0.3, 0.4) is 0 Å². The van der Waals surface area contributed by atoms with E-state index in [1.807, 2.05) is 30.9 Å². The van der Waals surface area contributed by atoms with Crippen molar-refractivity contribution in [3.05, 3.63) is 77.0 Å². The molecule has 0 aliphatic rings. The lowest BCUT2D eigenvalue weighted by Gasteiger charge is -2.26. The van der Waals surface area contributed by atoms with Crippen LogP contribution in [0.2, 0.25) is 0 Å². The van der Waals surface area contributed by atoms with Gasteiger partial charge in [-0.1, -0.05) is 6.58 Å². The zero-order valence-electron chi connectivity index (χ0n) is 24.2. The third kappa shape index (κ3) is 6.86. The van der Waals surface area contributed by atoms with E-state index in [0.717, 1.165) is 17.2 Å². The van der Waals surface area contributed by atoms with Crippen molar-refractivity contribution >= 4 is 40.0 Å². The fraction of sp³-hybridized carbons (Fsp3) is 0.241. The van der Waals surface area contributed by atoms with Crippen molar-refractivity contribution in [1.29, 1.82) is 0 Å². The number of aromatic nitrogens is 3. The summed E-state index contributed by atoms with van der Waals surface area (Å²) in [6, 6.07) is 5.54. The van der Waals surface area contributed by atoms with E-state index in [2.05, 4.69) is 27.2 Å². The Morgan fingerprint density at radius 3 is 2.37 bits per heavy atom. The molecule has 2 N–H and O–H groups in total. The third-order valence-corrected chi connectivity index (χ3v) is 6.39. The number of anilines is 4. The van der Waals surface area contributed by atoms with Gasteiger partial charge in [0.05, 0.1) is 24.2 Å². The molecule has 0 radical (unpaired) electrons. The minimum Gasteiger partial charge on any atom is -0.494 e. The predicted octanol–water partition coefficient (Wildman–Crippen LogP) is 4.41. The highest BCUT2D eigenvalue weighted by Crippen LogP contribution is 2.38. The second kappa shape index (κ2) is 12.8. The maximum Gasteiger partial charge on any atom is 0.294 e. The van der Waals surface area contributed by atoms with E-state index in [0.29, 0.717) is 46.9 Å². The zero-order chi connectivity index (χ0) is 31.4. The van der Waals surface area contributed by atoms with E-state index in [9.17, 15) is 22.8 Å². The van der Waals surface area contributed by atoms with Crippen LogP contribution < -0.4 is 30.6 Å². The summed E-state index contributed by atoms with van der Waals surface area (Å²) >= 11 is 0. The van der Waals surface area contributed by atoms with Crippen molar-refractivity contribution < 1.29 is 27.4 Å². The first-order valence-corrected chi connectivity index (χ1v) is 12.9. The maximum atomic E-state index is 14.1. The number of carbonyl (C=O) groups excluding carboxylic acids is 1. The number of aryl methyl sites for hydroxylation is 1. The first-order valence-electron chi connectivity index (χ1n) is 12.9. The number of nitrogens with zero attached hydrogens (tertiary/aromatic N) is 5. The Kier molecular flexibility index (Phi) is 9.19. The van der Waals surface area contributed by atoms with E-state index >= 15 is 0 Å². The number of ether oxygens (including phenoxy) is 2. The summed E-state index contributed by atoms with van der Waals surface area (Å²) in [4.78, 5) is 37.9. The molecule has 226 valence electrons. The minimum atomic E-state index is -1.30. The van der Waals surface area contributed by atoms with Gasteiger partial charge in [0.15, 0.2) is 23.1 Å². The van der Waals surface area contributed by atoms with Gasteiger partial charge >= 0.3 is 0 Å². The van der Waals surface area contributed by atoms with Crippen LogP contribution in [0.1, 0.15) is 0 Å². The van der Waals surface area contributed by atoms with Crippen molar-refractivity contribution in [1.82, 2.24) is 19.4 Å². The first-order chi connectivity index (χ1) is 20.4. The Bertz CT molecular complexity index is 1740. The van der Waals surface area contributed by atoms with Crippen molar-refractivity contribution in [2.75, 3.05) is 56.9 Å². The quantitative estimate of drug-likeness (QED) is 0.243. The summed E-state index contributed by atoms with van der Waals surface area (Å²) in [6.45, 7) is 4.94. The SMILES string of the molecule is C=CC(=O)Nc1cc(Nc2ncc3cc(Oc4c(F)cc(F)cc4F)c(=O)n(C)c3n2)c(OC)cc1N(C)CCN(C)C. The smallest absolute Gasteiger partial charge is 0.294 e. The number of fused-ring (bicyclic) bond motifs is 1. The van der Waals surface area contributed by atoms with Crippen LogP contribution in [0, 0.1) is 17.5 Å². The molecule has 0 aliphatic heterocycles. The lowest BCUT2D eigenvalue weighted by atomic mass is 10.2. The molecule has 0 unspecified atom stereocenters. The molecule has 4 rings (SSSR count). The van der Waals surface area contributed by atoms with Crippen molar-refractivity contribution in [2.45, 2.75) is 0 Å². The largest absolute Gasteiger partial charge is 0.494 e. The number of nitrogens with one attached hydrogen (secondary N) is 2. The highest BCUT2D eigenvalue weighted by molar-refractivity contribution is 6.02. The van der Waals surface area contributed by atoms with E-state index in [-0.39, 0.29) is 11.6 Å². The van der Waals surface area contributed by atoms with Crippen molar-refractivity contribution in [3.8, 4) is 17.2 Å². The molecule has 0 spiro atoms. The Morgan fingerprint density at radius 2 is 1.74 bits per heavy atom. The molecule has 0 bridgehead atoms. The average Bonchev–Trinajstić information content (AvgIpc) is 2.96. The highest BCUT2D eigenvalue weighted by atomic mass is 19.1. The van der Waals surface area contributed by atoms with Gasteiger partial charge in [0.1, 0.15) is 17.2 Å². The number of pyridine rings is 1. The van der Waals surface area contributed by atoms with Crippen LogP contribution >= 0.6 is 0 Å². The van der Waals surface area contributed by atoms with Gasteiger partial charge < -0.3 is 29.9 Å². The standard InChI is InChI=1S/C29H30F3N7O4/c1-7-25(40)34-20-13-21(23(42-6)14-22(20)38(4)9-8-37(2)3)35-29-33-15-16-10-24(28(41)39(5)27(16)36-29)43-26-18(31)11-17(30)12-19(26)32/h7,10-15H,1,8-9H2,2-6H3,(H,34,40)(H,33,35,36). The van der Waals surface area contributed by atoms with Crippen molar-refractivity contribution in [2.24, 2.45) is 7.05 Å². The monoisotopic (exact) mass is 597 g/mol. The lowest BCUT2D eigenvalue weighted by molar-refractivity contribution is -0.111. The number of methoxy groups -OCH3 is 1. The number of hydrogen-bond donors (Lipinski definition) is 2. The van der Waals surface area contributed by atoms with Crippen LogP contribution in [0.15, 0.2) is 54.0 Å². The summed E-state index contributed by atoms with van der Waals surface area (Å²) in [7, 11) is 8.69. The lowest BCUT2D eigenvalue weighted by Crippen LogP contribution is -2.29. The van der Waals surface area contributed by atoms with E-state index in [1.165, 1.54) is 26.4 Å². The molecular formula is C29H30F3N7O4. The number of halogens is 3. The fourth-order valence-corrected chi connectivity index (χ4v) is 4.11. The summed E-state index contributed by atoms with van der Waals surface area (Å²) < 4.78 is 53.5. The van der Waals surface area contributed by atoms with E-state index in [4.69, 9.17) is 9.47 Å². The maximum absolute atomic E-state index is 14.1. The van der Waals surface area contributed by atoms with E-state index < -0.39 is 40.4 Å². The van der Waals surface area contributed by atoms with Gasteiger partial charge in [-0.15, -0.1) is 0 Å². The van der Waals surface area contributed by atoms with Crippen LogP contribution in [-0.2, 0) is 11.8 Å². The molecule has 14 heteroatoms. The Hall–Kier alpha value is -5.11. The molecule has 2 aromatic heterocycles. The summed E-state index contributed by atoms with van der Waals surface area (Å²) in [6.07, 6.45) is 2.54. The number of hydrogen-bond acceptors (Lipinski definition) is 9. The molecular weight excluding hydrogens is 567 g/mol. The van der Waals surface area contributed by atoms with E-state index in [1.54, 1.807) is 12.1 Å². The molecule has 43 heavy (non-hydrogen) atoms. The van der Waals surface area contributed by atoms with Gasteiger partial charge in [-0.05, 0) is 32.3 Å². The molecule has 0 atom stereocenters. The highest BCUT2D eigenvalue weighted by Gasteiger charge is 2.19. The van der Waals surface area contributed by atoms with Gasteiger partial charge in [-0.2, -0.15) is 4.98 Å². The summed E-state index contributed by atoms with van der Waals surface area (Å²) in [5.74, 6) is -4.96. The second-order valence-electron chi connectivity index (χ2n) is 9.76. The molecule has 0 aliphatic carbocycles. The third-order valence-electron chi connectivity index (χ3n) is 6.39. The summed E-state index contributed by atoms with van der Waals surface area (Å²) in [5.41, 5.74) is 1.01. The van der Waals surface area contributed by atoms with Crippen LogP contribution in [0.25, 0.3) is 11.0 Å². The number of carbonyl (C=O) groups is 1. The number of amides is 1. The van der Waals surface area contributed by atoms with Crippen molar-refractivity contribution in [3.63, 3.8) is 0 Å². The van der Waals surface area contributed by atoms with Gasteiger partial charge in [0.2, 0.25) is 11.9 Å². The topological polar surface area (TPSA) is 114 Å². The molecule has 0 fully saturated rings. The number of likely N-dealkylation sites (N-methyl/N-ethyl adjacent to an activating group) is 2. The molecule has 2 heterocycles. The predicted molar refractivity (Wildman–Crippen MR) is 158 cm³/mol. The number of rotatable bonds is 11.